The predicted octanol–water partition coefficient (Wildman–Crippen LogP) is 5.14. The third-order valence-electron chi connectivity index (χ3n) is 6.34. The van der Waals surface area contributed by atoms with Crippen molar-refractivity contribution in [1.29, 1.82) is 0 Å². The van der Waals surface area contributed by atoms with Gasteiger partial charge in [0.2, 0.25) is 0 Å². The van der Waals surface area contributed by atoms with Crippen LogP contribution in [0.2, 0.25) is 0 Å². The zero-order valence-corrected chi connectivity index (χ0v) is 18.2. The minimum absolute atomic E-state index is 0.413. The molecule has 3 aromatic carbocycles. The van der Waals surface area contributed by atoms with E-state index >= 15 is 0 Å². The zero-order chi connectivity index (χ0) is 22.2. The van der Waals surface area contributed by atoms with E-state index in [9.17, 15) is 9.59 Å². The van der Waals surface area contributed by atoms with Gasteiger partial charge in [-0.15, -0.1) is 0 Å². The smallest absolute Gasteiger partial charge is 0.317 e. The van der Waals surface area contributed by atoms with Gasteiger partial charge in [-0.05, 0) is 37.1 Å². The Bertz CT molecular complexity index is 1320. The molecule has 0 saturated heterocycles. The molecule has 0 saturated carbocycles. The number of H-pyrrole nitrogens is 1. The van der Waals surface area contributed by atoms with E-state index in [-0.39, 0.29) is 0 Å². The minimum atomic E-state index is -0.508. The molecule has 1 N–H and O–H groups in total. The van der Waals surface area contributed by atoms with Crippen LogP contribution in [-0.2, 0) is 9.59 Å². The number of para-hydroxylation sites is 2. The van der Waals surface area contributed by atoms with Crippen LogP contribution >= 0.6 is 0 Å². The summed E-state index contributed by atoms with van der Waals surface area (Å²) in [6.45, 7) is 4.77. The fourth-order valence-corrected chi connectivity index (χ4v) is 4.77. The Balaban J connectivity index is 1.77. The standard InChI is InChI=1S/C27H25N3O2/c1-3-29(4-2)26(31)27(32)30-24-16-10-8-13-20(24)18-11-5-6-14-21(18)25(30)22-17-28-23-15-9-7-12-19(22)23/h5-17,25,28H,3-4H2,1-2H3. The number of nitrogens with zero attached hydrogens (tertiary/aromatic N) is 2. The van der Waals surface area contributed by atoms with Crippen LogP contribution in [0.5, 0.6) is 0 Å². The molecule has 1 aliphatic heterocycles. The first-order valence-electron chi connectivity index (χ1n) is 11.0. The molecule has 0 spiro atoms. The highest BCUT2D eigenvalue weighted by Gasteiger charge is 2.40. The van der Waals surface area contributed by atoms with E-state index < -0.39 is 17.9 Å². The lowest BCUT2D eigenvalue weighted by Crippen LogP contribution is -2.48. The van der Waals surface area contributed by atoms with Gasteiger partial charge in [0, 0.05) is 41.3 Å². The normalized spacial score (nSPS) is 14.7. The molecule has 0 bridgehead atoms. The highest BCUT2D eigenvalue weighted by Crippen LogP contribution is 2.48. The molecule has 0 radical (unpaired) electrons. The van der Waals surface area contributed by atoms with Crippen molar-refractivity contribution in [2.24, 2.45) is 0 Å². The maximum Gasteiger partial charge on any atom is 0.317 e. The van der Waals surface area contributed by atoms with E-state index in [0.29, 0.717) is 13.1 Å². The summed E-state index contributed by atoms with van der Waals surface area (Å²) in [6, 6.07) is 23.6. The Labute approximate surface area is 187 Å². The Kier molecular flexibility index (Phi) is 5.02. The first kappa shape index (κ1) is 20.1. The van der Waals surface area contributed by atoms with E-state index in [2.05, 4.69) is 23.2 Å². The van der Waals surface area contributed by atoms with Gasteiger partial charge in [0.25, 0.3) is 0 Å². The molecule has 4 aromatic rings. The highest BCUT2D eigenvalue weighted by molar-refractivity contribution is 6.41. The summed E-state index contributed by atoms with van der Waals surface area (Å²) < 4.78 is 0. The summed E-state index contributed by atoms with van der Waals surface area (Å²) in [5, 5.41) is 1.04. The summed E-state index contributed by atoms with van der Waals surface area (Å²) in [5.41, 5.74) is 5.78. The number of aromatic amines is 1. The third kappa shape index (κ3) is 3.01. The molecule has 1 aliphatic rings. The van der Waals surface area contributed by atoms with Gasteiger partial charge >= 0.3 is 11.8 Å². The second kappa shape index (κ2) is 8.00. The Morgan fingerprint density at radius 3 is 2.28 bits per heavy atom. The Hall–Kier alpha value is -3.86. The number of carbonyl (C=O) groups excluding carboxylic acids is 2. The fraction of sp³-hybridized carbons (Fsp3) is 0.185. The van der Waals surface area contributed by atoms with Gasteiger partial charge in [0.15, 0.2) is 0 Å². The van der Waals surface area contributed by atoms with Crippen LogP contribution in [0.4, 0.5) is 5.69 Å². The van der Waals surface area contributed by atoms with Crippen molar-refractivity contribution >= 4 is 28.4 Å². The molecular formula is C27H25N3O2. The highest BCUT2D eigenvalue weighted by atomic mass is 16.2. The van der Waals surface area contributed by atoms with Crippen molar-refractivity contribution < 1.29 is 9.59 Å². The fourth-order valence-electron chi connectivity index (χ4n) is 4.77. The van der Waals surface area contributed by atoms with E-state index in [1.807, 2.05) is 74.6 Å². The first-order chi connectivity index (χ1) is 15.7. The van der Waals surface area contributed by atoms with Crippen LogP contribution < -0.4 is 4.90 Å². The summed E-state index contributed by atoms with van der Waals surface area (Å²) in [6.07, 6.45) is 1.96. The Morgan fingerprint density at radius 2 is 1.50 bits per heavy atom. The van der Waals surface area contributed by atoms with Crippen molar-refractivity contribution in [3.05, 3.63) is 90.1 Å². The first-order valence-corrected chi connectivity index (χ1v) is 11.0. The molecule has 5 heteroatoms. The van der Waals surface area contributed by atoms with Gasteiger partial charge in [-0.25, -0.2) is 0 Å². The Morgan fingerprint density at radius 1 is 0.844 bits per heavy atom. The topological polar surface area (TPSA) is 56.4 Å². The lowest BCUT2D eigenvalue weighted by Gasteiger charge is -2.39. The number of fused-ring (bicyclic) bond motifs is 4. The van der Waals surface area contributed by atoms with Gasteiger partial charge in [-0.1, -0.05) is 60.7 Å². The maximum absolute atomic E-state index is 13.8. The maximum atomic E-state index is 13.8. The zero-order valence-electron chi connectivity index (χ0n) is 18.2. The van der Waals surface area contributed by atoms with Gasteiger partial charge in [-0.2, -0.15) is 0 Å². The monoisotopic (exact) mass is 423 g/mol. The average molecular weight is 424 g/mol. The van der Waals surface area contributed by atoms with Crippen molar-refractivity contribution in [3.63, 3.8) is 0 Å². The summed E-state index contributed by atoms with van der Waals surface area (Å²) >= 11 is 0. The molecule has 160 valence electrons. The van der Waals surface area contributed by atoms with E-state index in [1.165, 1.54) is 0 Å². The molecule has 1 unspecified atom stereocenters. The van der Waals surface area contributed by atoms with E-state index in [4.69, 9.17) is 0 Å². The molecule has 5 nitrogen and oxygen atoms in total. The second-order valence-corrected chi connectivity index (χ2v) is 7.95. The summed E-state index contributed by atoms with van der Waals surface area (Å²) in [7, 11) is 0. The number of hydrogen-bond acceptors (Lipinski definition) is 2. The number of nitrogens with one attached hydrogen (secondary N) is 1. The molecule has 2 amide bonds. The van der Waals surface area contributed by atoms with E-state index in [1.54, 1.807) is 9.80 Å². The minimum Gasteiger partial charge on any atom is -0.361 e. The molecular weight excluding hydrogens is 398 g/mol. The number of rotatable bonds is 3. The lowest BCUT2D eigenvalue weighted by atomic mass is 9.84. The predicted molar refractivity (Wildman–Crippen MR) is 127 cm³/mol. The number of aromatic nitrogens is 1. The van der Waals surface area contributed by atoms with Crippen LogP contribution in [-0.4, -0.2) is 34.8 Å². The molecule has 2 heterocycles. The van der Waals surface area contributed by atoms with Crippen molar-refractivity contribution in [2.75, 3.05) is 18.0 Å². The van der Waals surface area contributed by atoms with Crippen LogP contribution in [0.15, 0.2) is 79.0 Å². The second-order valence-electron chi connectivity index (χ2n) is 7.95. The molecule has 1 aromatic heterocycles. The van der Waals surface area contributed by atoms with Crippen LogP contribution in [0.3, 0.4) is 0 Å². The number of anilines is 1. The number of carbonyl (C=O) groups is 2. The molecule has 0 aliphatic carbocycles. The number of likely N-dealkylation sites (N-methyl/N-ethyl adjacent to an activating group) is 1. The van der Waals surface area contributed by atoms with Crippen molar-refractivity contribution in [1.82, 2.24) is 9.88 Å². The largest absolute Gasteiger partial charge is 0.361 e. The van der Waals surface area contributed by atoms with Gasteiger partial charge in [0.1, 0.15) is 0 Å². The quantitative estimate of drug-likeness (QED) is 0.464. The van der Waals surface area contributed by atoms with Crippen LogP contribution in [0.25, 0.3) is 22.0 Å². The molecule has 1 atom stereocenters. The molecule has 5 rings (SSSR count). The van der Waals surface area contributed by atoms with Crippen LogP contribution in [0.1, 0.15) is 31.0 Å². The third-order valence-corrected chi connectivity index (χ3v) is 6.34. The summed E-state index contributed by atoms with van der Waals surface area (Å²) in [5.74, 6) is -0.986. The average Bonchev–Trinajstić information content (AvgIpc) is 3.27. The SMILES string of the molecule is CCN(CC)C(=O)C(=O)N1c2ccccc2-c2ccccc2C1c1c[nH]c2ccccc12. The molecule has 0 fully saturated rings. The van der Waals surface area contributed by atoms with Crippen molar-refractivity contribution in [2.45, 2.75) is 19.9 Å². The number of hydrogen-bond donors (Lipinski definition) is 1. The summed E-state index contributed by atoms with van der Waals surface area (Å²) in [4.78, 5) is 33.6. The van der Waals surface area contributed by atoms with E-state index in [0.717, 1.165) is 38.8 Å². The van der Waals surface area contributed by atoms with Crippen molar-refractivity contribution in [3.8, 4) is 11.1 Å². The lowest BCUT2D eigenvalue weighted by molar-refractivity contribution is -0.144. The van der Waals surface area contributed by atoms with Gasteiger partial charge in [0.05, 0.1) is 11.7 Å². The number of amides is 2. The number of benzene rings is 3. The molecule has 32 heavy (non-hydrogen) atoms. The van der Waals surface area contributed by atoms with Gasteiger partial charge < -0.3 is 9.88 Å². The van der Waals surface area contributed by atoms with Crippen LogP contribution in [0, 0.1) is 0 Å². The van der Waals surface area contributed by atoms with Gasteiger partial charge in [-0.3, -0.25) is 14.5 Å².